The fraction of sp³-hybridized carbons (Fsp3) is 0. The number of fused-ring (bicyclic) bond motifs is 5. The Balaban J connectivity index is 0.993. The van der Waals surface area contributed by atoms with Crippen molar-refractivity contribution in [2.45, 2.75) is 0 Å². The molecule has 0 spiro atoms. The van der Waals surface area contributed by atoms with E-state index in [2.05, 4.69) is 187 Å². The zero-order valence-corrected chi connectivity index (χ0v) is 33.0. The second-order valence-corrected chi connectivity index (χ2v) is 15.5. The van der Waals surface area contributed by atoms with Crippen LogP contribution in [0.4, 0.5) is 0 Å². The summed E-state index contributed by atoms with van der Waals surface area (Å²) in [7, 11) is 0. The van der Waals surface area contributed by atoms with E-state index in [9.17, 15) is 10.5 Å². The number of rotatable bonds is 6. The summed E-state index contributed by atoms with van der Waals surface area (Å²) in [6.45, 7) is 0. The lowest BCUT2D eigenvalue weighted by atomic mass is 9.85. The van der Waals surface area contributed by atoms with Crippen LogP contribution in [0.15, 0.2) is 212 Å². The van der Waals surface area contributed by atoms with Gasteiger partial charge in [0.15, 0.2) is 0 Å². The van der Waals surface area contributed by atoms with Crippen LogP contribution in [-0.4, -0.2) is 4.57 Å². The molecular weight excluding hydrogens is 739 g/mol. The first kappa shape index (κ1) is 35.6. The third kappa shape index (κ3) is 6.13. The number of hydrogen-bond acceptors (Lipinski definition) is 2. The highest BCUT2D eigenvalue weighted by molar-refractivity contribution is 6.21. The highest BCUT2D eigenvalue weighted by atomic mass is 15.0. The molecule has 0 amide bonds. The molecule has 3 heteroatoms. The quantitative estimate of drug-likeness (QED) is 0.158. The predicted molar refractivity (Wildman–Crippen MR) is 252 cm³/mol. The smallest absolute Gasteiger partial charge is 0.0992 e. The average Bonchev–Trinajstić information content (AvgIpc) is 3.67. The van der Waals surface area contributed by atoms with Crippen LogP contribution in [0.1, 0.15) is 11.1 Å². The Hall–Kier alpha value is -8.50. The largest absolute Gasteiger partial charge is 0.309 e. The molecule has 0 bridgehead atoms. The van der Waals surface area contributed by atoms with Crippen LogP contribution in [0.5, 0.6) is 0 Å². The summed E-state index contributed by atoms with van der Waals surface area (Å²) < 4.78 is 2.20. The molecule has 11 rings (SSSR count). The number of nitrogens with zero attached hydrogens (tertiary/aromatic N) is 3. The molecule has 0 N–H and O–H groups in total. The maximum atomic E-state index is 10.3. The molecule has 0 aliphatic rings. The molecule has 0 fully saturated rings. The van der Waals surface area contributed by atoms with Gasteiger partial charge in [0.1, 0.15) is 0 Å². The Morgan fingerprint density at radius 3 is 1.30 bits per heavy atom. The van der Waals surface area contributed by atoms with Crippen LogP contribution in [0.25, 0.3) is 105 Å². The van der Waals surface area contributed by atoms with Crippen LogP contribution >= 0.6 is 0 Å². The zero-order chi connectivity index (χ0) is 40.9. The molecule has 0 aliphatic carbocycles. The van der Waals surface area contributed by atoms with Gasteiger partial charge < -0.3 is 4.57 Å². The molecule has 0 saturated heterocycles. The first-order valence-electron chi connectivity index (χ1n) is 20.4. The van der Waals surface area contributed by atoms with E-state index in [4.69, 9.17) is 0 Å². The zero-order valence-electron chi connectivity index (χ0n) is 33.0. The fourth-order valence-electron chi connectivity index (χ4n) is 9.26. The Bertz CT molecular complexity index is 3560. The van der Waals surface area contributed by atoms with Gasteiger partial charge in [-0.25, -0.2) is 0 Å². The first-order chi connectivity index (χ1) is 30.1. The molecule has 0 unspecified atom stereocenters. The summed E-state index contributed by atoms with van der Waals surface area (Å²) in [5.74, 6) is 0. The van der Waals surface area contributed by atoms with Crippen LogP contribution in [0.2, 0.25) is 0 Å². The summed E-state index contributed by atoms with van der Waals surface area (Å²) in [5.41, 5.74) is 15.5. The topological polar surface area (TPSA) is 52.5 Å². The van der Waals surface area contributed by atoms with Gasteiger partial charge in [0.2, 0.25) is 0 Å². The van der Waals surface area contributed by atoms with Gasteiger partial charge in [0.05, 0.1) is 34.3 Å². The second-order valence-electron chi connectivity index (χ2n) is 15.5. The number of nitriles is 2. The molecule has 0 aliphatic heterocycles. The monoisotopic (exact) mass is 773 g/mol. The van der Waals surface area contributed by atoms with Crippen molar-refractivity contribution in [2.24, 2.45) is 0 Å². The fourth-order valence-corrected chi connectivity index (χ4v) is 9.26. The molecule has 0 saturated carbocycles. The minimum absolute atomic E-state index is 0.578. The molecule has 1 heterocycles. The molecular formula is C58H35N3. The van der Waals surface area contributed by atoms with Crippen molar-refractivity contribution in [1.82, 2.24) is 4.57 Å². The second kappa shape index (κ2) is 14.7. The molecule has 282 valence electrons. The van der Waals surface area contributed by atoms with E-state index >= 15 is 0 Å². The normalized spacial score (nSPS) is 11.2. The minimum atomic E-state index is 0.578. The predicted octanol–water partition coefficient (Wildman–Crippen LogP) is 15.2. The summed E-state index contributed by atoms with van der Waals surface area (Å²) >= 11 is 0. The molecule has 0 radical (unpaired) electrons. The summed E-state index contributed by atoms with van der Waals surface area (Å²) in [6.07, 6.45) is 0. The van der Waals surface area contributed by atoms with Crippen LogP contribution in [-0.2, 0) is 0 Å². The Morgan fingerprint density at radius 1 is 0.279 bits per heavy atom. The van der Waals surface area contributed by atoms with Crippen LogP contribution in [0, 0.1) is 22.7 Å². The van der Waals surface area contributed by atoms with E-state index in [0.29, 0.717) is 11.1 Å². The van der Waals surface area contributed by atoms with Gasteiger partial charge in [-0.15, -0.1) is 0 Å². The third-order valence-electron chi connectivity index (χ3n) is 12.0. The Kier molecular flexibility index (Phi) is 8.59. The average molecular weight is 774 g/mol. The van der Waals surface area contributed by atoms with Crippen molar-refractivity contribution in [3.05, 3.63) is 223 Å². The van der Waals surface area contributed by atoms with Crippen molar-refractivity contribution in [3.63, 3.8) is 0 Å². The van der Waals surface area contributed by atoms with E-state index < -0.39 is 0 Å². The van der Waals surface area contributed by atoms with E-state index in [1.165, 1.54) is 43.8 Å². The van der Waals surface area contributed by atoms with Crippen LogP contribution in [0.3, 0.4) is 0 Å². The van der Waals surface area contributed by atoms with E-state index in [0.717, 1.165) is 60.9 Å². The number of aromatic nitrogens is 1. The third-order valence-corrected chi connectivity index (χ3v) is 12.0. The summed E-state index contributed by atoms with van der Waals surface area (Å²) in [5, 5.41) is 26.9. The lowest BCUT2D eigenvalue weighted by molar-refractivity contribution is 1.18. The highest BCUT2D eigenvalue weighted by Crippen LogP contribution is 2.44. The number of para-hydroxylation sites is 1. The van der Waals surface area contributed by atoms with Gasteiger partial charge in [-0.1, -0.05) is 152 Å². The van der Waals surface area contributed by atoms with Crippen molar-refractivity contribution in [2.75, 3.05) is 0 Å². The lowest BCUT2D eigenvalue weighted by Crippen LogP contribution is -1.96. The van der Waals surface area contributed by atoms with Gasteiger partial charge in [-0.2, -0.15) is 10.5 Å². The number of benzene rings is 10. The molecule has 3 nitrogen and oxygen atoms in total. The van der Waals surface area contributed by atoms with Crippen molar-refractivity contribution < 1.29 is 0 Å². The molecule has 0 atom stereocenters. The summed E-state index contributed by atoms with van der Waals surface area (Å²) in [4.78, 5) is 0. The van der Waals surface area contributed by atoms with Gasteiger partial charge in [0.25, 0.3) is 0 Å². The summed E-state index contributed by atoms with van der Waals surface area (Å²) in [6, 6.07) is 79.4. The van der Waals surface area contributed by atoms with Gasteiger partial charge in [0, 0.05) is 16.5 Å². The first-order valence-corrected chi connectivity index (χ1v) is 20.4. The Labute approximate surface area is 353 Å². The SMILES string of the molecule is N#Cc1cc(-c2cccc(-c3cccc(-c4cccc(-c5c6ccccc6c(-c6ccccc6)c6ccccc56)c4)c3)c2)cc(-n2c3ccccc3c3cc(C#N)ccc32)c1. The number of hydrogen-bond donors (Lipinski definition) is 0. The van der Waals surface area contributed by atoms with Gasteiger partial charge in [-0.05, 0) is 138 Å². The van der Waals surface area contributed by atoms with Gasteiger partial charge in [-0.3, -0.25) is 0 Å². The van der Waals surface area contributed by atoms with E-state index in [1.807, 2.05) is 42.5 Å². The molecule has 10 aromatic carbocycles. The van der Waals surface area contributed by atoms with Crippen LogP contribution < -0.4 is 0 Å². The molecule has 11 aromatic rings. The standard InChI is InChI=1S/C58H35N3/c59-36-38-27-28-56-54(31-38)49-21-8-9-26-55(49)61(56)48-30-39(37-60)29-47(35-48)45-19-11-17-43(33-45)41-15-10-16-42(32-41)44-18-12-20-46(34-44)58-52-24-6-4-22-50(52)57(40-13-2-1-3-14-40)51-23-5-7-25-53(51)58/h1-35H. The van der Waals surface area contributed by atoms with Crippen molar-refractivity contribution >= 4 is 43.4 Å². The molecule has 1 aromatic heterocycles. The lowest BCUT2D eigenvalue weighted by Gasteiger charge is -2.18. The maximum Gasteiger partial charge on any atom is 0.0992 e. The van der Waals surface area contributed by atoms with E-state index in [1.54, 1.807) is 0 Å². The van der Waals surface area contributed by atoms with E-state index in [-0.39, 0.29) is 0 Å². The minimum Gasteiger partial charge on any atom is -0.309 e. The Morgan fingerprint density at radius 2 is 0.721 bits per heavy atom. The van der Waals surface area contributed by atoms with Crippen molar-refractivity contribution in [3.8, 4) is 73.5 Å². The molecule has 61 heavy (non-hydrogen) atoms. The van der Waals surface area contributed by atoms with Crippen molar-refractivity contribution in [1.29, 1.82) is 10.5 Å². The highest BCUT2D eigenvalue weighted by Gasteiger charge is 2.18. The maximum absolute atomic E-state index is 10.3. The van der Waals surface area contributed by atoms with Gasteiger partial charge >= 0.3 is 0 Å².